The van der Waals surface area contributed by atoms with Crippen LogP contribution in [0.15, 0.2) is 24.4 Å². The standard InChI is InChI=1S/C16H20N4O2S/c1-9(2)13-15(23-20-19-13)16(22)18-14(10-7-11(21)8-10)12-5-3-4-6-17-12/h3-6,9-11,14,21H,7-8H2,1-2H3,(H,18,22)/t10?,11?,14-/m0/s1. The molecule has 1 fully saturated rings. The van der Waals surface area contributed by atoms with E-state index < -0.39 is 0 Å². The number of carbonyl (C=O) groups is 1. The fourth-order valence-corrected chi connectivity index (χ4v) is 3.56. The van der Waals surface area contributed by atoms with Crippen LogP contribution in [0.2, 0.25) is 0 Å². The number of amides is 1. The Hall–Kier alpha value is -1.86. The fourth-order valence-electron chi connectivity index (χ4n) is 2.83. The average Bonchev–Trinajstić information content (AvgIpc) is 3.00. The molecular formula is C16H20N4O2S. The summed E-state index contributed by atoms with van der Waals surface area (Å²) in [6.07, 6.45) is 2.80. The second-order valence-electron chi connectivity index (χ2n) is 6.23. The summed E-state index contributed by atoms with van der Waals surface area (Å²) in [6.45, 7) is 3.98. The van der Waals surface area contributed by atoms with Crippen molar-refractivity contribution < 1.29 is 9.90 Å². The molecule has 1 aliphatic carbocycles. The molecule has 0 aromatic carbocycles. The van der Waals surface area contributed by atoms with Gasteiger partial charge < -0.3 is 10.4 Å². The van der Waals surface area contributed by atoms with Gasteiger partial charge in [-0.1, -0.05) is 24.4 Å². The Bertz CT molecular complexity index is 668. The van der Waals surface area contributed by atoms with Crippen molar-refractivity contribution in [3.63, 3.8) is 0 Å². The van der Waals surface area contributed by atoms with Gasteiger partial charge in [0.15, 0.2) is 0 Å². The lowest BCUT2D eigenvalue weighted by Crippen LogP contribution is -2.41. The number of carbonyl (C=O) groups excluding carboxylic acids is 1. The summed E-state index contributed by atoms with van der Waals surface area (Å²) in [5.41, 5.74) is 1.54. The molecule has 1 saturated carbocycles. The van der Waals surface area contributed by atoms with E-state index in [0.717, 1.165) is 22.9 Å². The van der Waals surface area contributed by atoms with E-state index in [1.54, 1.807) is 6.20 Å². The molecule has 3 rings (SSSR count). The number of rotatable bonds is 5. The molecule has 0 unspecified atom stereocenters. The maximum Gasteiger partial charge on any atom is 0.265 e. The van der Waals surface area contributed by atoms with E-state index >= 15 is 0 Å². The lowest BCUT2D eigenvalue weighted by molar-refractivity contribution is 0.0228. The van der Waals surface area contributed by atoms with Gasteiger partial charge in [-0.2, -0.15) is 0 Å². The second-order valence-corrected chi connectivity index (χ2v) is 6.99. The predicted octanol–water partition coefficient (Wildman–Crippen LogP) is 2.30. The number of aliphatic hydroxyl groups is 1. The summed E-state index contributed by atoms with van der Waals surface area (Å²) in [6, 6.07) is 5.46. The van der Waals surface area contributed by atoms with Crippen molar-refractivity contribution >= 4 is 17.4 Å². The molecule has 0 spiro atoms. The number of hydrogen-bond donors (Lipinski definition) is 2. The average molecular weight is 332 g/mol. The zero-order valence-corrected chi connectivity index (χ0v) is 14.0. The van der Waals surface area contributed by atoms with Crippen molar-refractivity contribution in [2.75, 3.05) is 0 Å². The molecule has 2 N–H and O–H groups in total. The topological polar surface area (TPSA) is 88.0 Å². The Balaban J connectivity index is 1.81. The molecule has 0 radical (unpaired) electrons. The highest BCUT2D eigenvalue weighted by Crippen LogP contribution is 2.37. The van der Waals surface area contributed by atoms with Crippen LogP contribution in [0.3, 0.4) is 0 Å². The van der Waals surface area contributed by atoms with E-state index in [2.05, 4.69) is 19.9 Å². The lowest BCUT2D eigenvalue weighted by atomic mass is 9.76. The van der Waals surface area contributed by atoms with Gasteiger partial charge in [-0.3, -0.25) is 9.78 Å². The molecule has 7 heteroatoms. The maximum absolute atomic E-state index is 12.7. The van der Waals surface area contributed by atoms with Crippen LogP contribution in [-0.4, -0.2) is 31.7 Å². The van der Waals surface area contributed by atoms with Crippen LogP contribution >= 0.6 is 11.5 Å². The zero-order valence-electron chi connectivity index (χ0n) is 13.1. The first-order valence-corrected chi connectivity index (χ1v) is 8.55. The summed E-state index contributed by atoms with van der Waals surface area (Å²) >= 11 is 1.12. The quantitative estimate of drug-likeness (QED) is 0.877. The second kappa shape index (κ2) is 6.72. The number of hydrogen-bond acceptors (Lipinski definition) is 6. The molecule has 0 aliphatic heterocycles. The van der Waals surface area contributed by atoms with Gasteiger partial charge in [0, 0.05) is 6.20 Å². The molecule has 0 bridgehead atoms. The van der Waals surface area contributed by atoms with Crippen LogP contribution in [0.4, 0.5) is 0 Å². The highest BCUT2D eigenvalue weighted by molar-refractivity contribution is 7.08. The smallest absolute Gasteiger partial charge is 0.265 e. The number of nitrogens with one attached hydrogen (secondary N) is 1. The van der Waals surface area contributed by atoms with Gasteiger partial charge in [-0.05, 0) is 48.3 Å². The Kier molecular flexibility index (Phi) is 4.68. The van der Waals surface area contributed by atoms with Crippen molar-refractivity contribution in [3.8, 4) is 0 Å². The predicted molar refractivity (Wildman–Crippen MR) is 87.2 cm³/mol. The molecule has 2 heterocycles. The molecule has 0 saturated heterocycles. The number of aliphatic hydroxyl groups excluding tert-OH is 1. The maximum atomic E-state index is 12.7. The molecule has 23 heavy (non-hydrogen) atoms. The van der Waals surface area contributed by atoms with E-state index in [9.17, 15) is 9.90 Å². The van der Waals surface area contributed by atoms with Gasteiger partial charge in [0.1, 0.15) is 4.88 Å². The first-order chi connectivity index (χ1) is 11.1. The first-order valence-electron chi connectivity index (χ1n) is 7.78. The third-order valence-electron chi connectivity index (χ3n) is 4.18. The van der Waals surface area contributed by atoms with Crippen molar-refractivity contribution in [1.82, 2.24) is 19.9 Å². The summed E-state index contributed by atoms with van der Waals surface area (Å²) in [5.74, 6) is 0.182. The van der Waals surface area contributed by atoms with Crippen LogP contribution in [0.25, 0.3) is 0 Å². The van der Waals surface area contributed by atoms with Gasteiger partial charge in [-0.25, -0.2) is 0 Å². The monoisotopic (exact) mass is 332 g/mol. The molecule has 6 nitrogen and oxygen atoms in total. The normalized spacial score (nSPS) is 21.7. The van der Waals surface area contributed by atoms with E-state index in [4.69, 9.17) is 0 Å². The number of aromatic nitrogens is 3. The van der Waals surface area contributed by atoms with Gasteiger partial charge in [-0.15, -0.1) is 5.10 Å². The highest BCUT2D eigenvalue weighted by atomic mass is 32.1. The Morgan fingerprint density at radius 3 is 2.78 bits per heavy atom. The summed E-state index contributed by atoms with van der Waals surface area (Å²) in [5, 5.41) is 16.7. The Morgan fingerprint density at radius 2 is 2.17 bits per heavy atom. The van der Waals surface area contributed by atoms with Crippen LogP contribution < -0.4 is 5.32 Å². The minimum absolute atomic E-state index is 0.147. The van der Waals surface area contributed by atoms with Crippen molar-refractivity contribution in [1.29, 1.82) is 0 Å². The van der Waals surface area contributed by atoms with E-state index in [1.165, 1.54) is 0 Å². The summed E-state index contributed by atoms with van der Waals surface area (Å²) in [7, 11) is 0. The van der Waals surface area contributed by atoms with E-state index in [1.807, 2.05) is 32.0 Å². The highest BCUT2D eigenvalue weighted by Gasteiger charge is 2.37. The minimum Gasteiger partial charge on any atom is -0.393 e. The summed E-state index contributed by atoms with van der Waals surface area (Å²) in [4.78, 5) is 17.6. The largest absolute Gasteiger partial charge is 0.393 e. The van der Waals surface area contributed by atoms with Crippen LogP contribution in [-0.2, 0) is 0 Å². The molecule has 1 atom stereocenters. The van der Waals surface area contributed by atoms with Gasteiger partial charge >= 0.3 is 0 Å². The number of pyridine rings is 1. The molecule has 122 valence electrons. The third-order valence-corrected chi connectivity index (χ3v) is 4.92. The molecule has 1 amide bonds. The molecular weight excluding hydrogens is 312 g/mol. The molecule has 2 aromatic heterocycles. The van der Waals surface area contributed by atoms with Crippen molar-refractivity contribution in [2.45, 2.75) is 44.8 Å². The van der Waals surface area contributed by atoms with Gasteiger partial charge in [0.25, 0.3) is 5.91 Å². The molecule has 2 aromatic rings. The number of nitrogens with zero attached hydrogens (tertiary/aromatic N) is 3. The van der Waals surface area contributed by atoms with Crippen LogP contribution in [0, 0.1) is 5.92 Å². The van der Waals surface area contributed by atoms with Crippen molar-refractivity contribution in [2.24, 2.45) is 5.92 Å². The fraction of sp³-hybridized carbons (Fsp3) is 0.500. The third kappa shape index (κ3) is 3.40. The SMILES string of the molecule is CC(C)c1nnsc1C(=O)N[C@H](c1ccccn1)C1CC(O)C1. The van der Waals surface area contributed by atoms with Crippen LogP contribution in [0.1, 0.15) is 59.7 Å². The minimum atomic E-state index is -0.278. The van der Waals surface area contributed by atoms with Gasteiger partial charge in [0.05, 0.1) is 23.5 Å². The summed E-state index contributed by atoms with van der Waals surface area (Å²) < 4.78 is 3.91. The zero-order chi connectivity index (χ0) is 16.4. The van der Waals surface area contributed by atoms with E-state index in [-0.39, 0.29) is 29.9 Å². The van der Waals surface area contributed by atoms with Crippen LogP contribution in [0.5, 0.6) is 0 Å². The molecule has 1 aliphatic rings. The first kappa shape index (κ1) is 16.0. The van der Waals surface area contributed by atoms with E-state index in [0.29, 0.717) is 17.7 Å². The lowest BCUT2D eigenvalue weighted by Gasteiger charge is -2.37. The Labute approximate surface area is 139 Å². The Morgan fingerprint density at radius 1 is 1.39 bits per heavy atom. The van der Waals surface area contributed by atoms with Gasteiger partial charge in [0.2, 0.25) is 0 Å². The van der Waals surface area contributed by atoms with Crippen molar-refractivity contribution in [3.05, 3.63) is 40.7 Å².